The Balaban J connectivity index is 1.28. The highest BCUT2D eigenvalue weighted by Gasteiger charge is 2.16. The minimum atomic E-state index is -0.354. The third-order valence-electron chi connectivity index (χ3n) is 6.38. The van der Waals surface area contributed by atoms with Gasteiger partial charge in [0.15, 0.2) is 11.5 Å². The molecule has 4 aromatic rings. The largest absolute Gasteiger partial charge is 0.454 e. The number of hydrogen-bond donors (Lipinski definition) is 1. The first-order valence-corrected chi connectivity index (χ1v) is 12.7. The molecule has 2 aromatic heterocycles. The van der Waals surface area contributed by atoms with Gasteiger partial charge in [-0.2, -0.15) is 0 Å². The van der Waals surface area contributed by atoms with Gasteiger partial charge in [-0.1, -0.05) is 29.8 Å². The molecule has 0 unspecified atom stereocenters. The van der Waals surface area contributed by atoms with Crippen LogP contribution < -0.4 is 26.0 Å². The summed E-state index contributed by atoms with van der Waals surface area (Å²) in [5.74, 6) is 1.22. The topological polar surface area (TPSA) is 91.6 Å². The van der Waals surface area contributed by atoms with E-state index in [0.29, 0.717) is 41.2 Å². The SMILES string of the molecule is Cc1ccc(C)c(Cn2c(=O)n(CCCC(=O)NCc3ccc4c(c3)OCO4)c(=O)c3sccc32)c1. The summed E-state index contributed by atoms with van der Waals surface area (Å²) in [5.41, 5.74) is 4.14. The Hall–Kier alpha value is -3.85. The Kier molecular flexibility index (Phi) is 6.65. The number of carbonyl (C=O) groups is 1. The quantitative estimate of drug-likeness (QED) is 0.394. The van der Waals surface area contributed by atoms with Crippen molar-refractivity contribution in [2.45, 2.75) is 46.3 Å². The van der Waals surface area contributed by atoms with Crippen molar-refractivity contribution < 1.29 is 14.3 Å². The van der Waals surface area contributed by atoms with Crippen molar-refractivity contribution in [1.82, 2.24) is 14.5 Å². The van der Waals surface area contributed by atoms with E-state index in [1.807, 2.05) is 55.6 Å². The summed E-state index contributed by atoms with van der Waals surface area (Å²) >= 11 is 1.33. The molecule has 1 N–H and O–H groups in total. The maximum atomic E-state index is 13.4. The van der Waals surface area contributed by atoms with E-state index in [2.05, 4.69) is 11.4 Å². The van der Waals surface area contributed by atoms with E-state index in [4.69, 9.17) is 9.47 Å². The van der Waals surface area contributed by atoms with Crippen LogP contribution in [-0.2, 0) is 24.4 Å². The molecule has 3 heterocycles. The minimum absolute atomic E-state index is 0.145. The molecule has 8 nitrogen and oxygen atoms in total. The van der Waals surface area contributed by atoms with Crippen molar-refractivity contribution in [3.8, 4) is 11.5 Å². The zero-order valence-corrected chi connectivity index (χ0v) is 21.0. The molecule has 0 aliphatic carbocycles. The number of nitrogens with zero attached hydrogens (tertiary/aromatic N) is 2. The summed E-state index contributed by atoms with van der Waals surface area (Å²) in [6.07, 6.45) is 0.582. The predicted octanol–water partition coefficient (Wildman–Crippen LogP) is 3.72. The van der Waals surface area contributed by atoms with Crippen molar-refractivity contribution in [3.63, 3.8) is 0 Å². The highest BCUT2D eigenvalue weighted by Crippen LogP contribution is 2.32. The number of amides is 1. The fraction of sp³-hybridized carbons (Fsp3) is 0.296. The third-order valence-corrected chi connectivity index (χ3v) is 7.27. The van der Waals surface area contributed by atoms with Gasteiger partial charge in [0.1, 0.15) is 4.70 Å². The maximum Gasteiger partial charge on any atom is 0.331 e. The van der Waals surface area contributed by atoms with Gasteiger partial charge in [-0.25, -0.2) is 4.79 Å². The smallest absolute Gasteiger partial charge is 0.331 e. The second-order valence-electron chi connectivity index (χ2n) is 8.96. The van der Waals surface area contributed by atoms with Crippen LogP contribution in [0.5, 0.6) is 11.5 Å². The second-order valence-corrected chi connectivity index (χ2v) is 9.87. The zero-order valence-electron chi connectivity index (χ0n) is 20.2. The minimum Gasteiger partial charge on any atom is -0.454 e. The van der Waals surface area contributed by atoms with Gasteiger partial charge in [0.2, 0.25) is 12.7 Å². The average molecular weight is 506 g/mol. The highest BCUT2D eigenvalue weighted by atomic mass is 32.1. The van der Waals surface area contributed by atoms with E-state index in [9.17, 15) is 14.4 Å². The number of fused-ring (bicyclic) bond motifs is 2. The summed E-state index contributed by atoms with van der Waals surface area (Å²) in [4.78, 5) is 38.9. The number of ether oxygens (including phenoxy) is 2. The lowest BCUT2D eigenvalue weighted by Gasteiger charge is -2.14. The van der Waals surface area contributed by atoms with E-state index in [1.165, 1.54) is 15.9 Å². The first kappa shape index (κ1) is 23.9. The number of benzene rings is 2. The Morgan fingerprint density at radius 2 is 1.86 bits per heavy atom. The van der Waals surface area contributed by atoms with E-state index in [-0.39, 0.29) is 36.9 Å². The molecule has 1 aliphatic rings. The number of aromatic nitrogens is 2. The first-order chi connectivity index (χ1) is 17.4. The molecule has 36 heavy (non-hydrogen) atoms. The van der Waals surface area contributed by atoms with Crippen LogP contribution in [0.4, 0.5) is 0 Å². The van der Waals surface area contributed by atoms with E-state index in [1.54, 1.807) is 4.57 Å². The van der Waals surface area contributed by atoms with Crippen molar-refractivity contribution in [2.75, 3.05) is 6.79 Å². The summed E-state index contributed by atoms with van der Waals surface area (Å²) in [6.45, 7) is 5.16. The highest BCUT2D eigenvalue weighted by molar-refractivity contribution is 7.17. The van der Waals surface area contributed by atoms with Crippen molar-refractivity contribution in [3.05, 3.63) is 90.9 Å². The lowest BCUT2D eigenvalue weighted by molar-refractivity contribution is -0.121. The molecule has 0 saturated carbocycles. The van der Waals surface area contributed by atoms with Crippen molar-refractivity contribution >= 4 is 27.5 Å². The normalized spacial score (nSPS) is 12.3. The van der Waals surface area contributed by atoms with Crippen molar-refractivity contribution in [2.24, 2.45) is 0 Å². The fourth-order valence-electron chi connectivity index (χ4n) is 4.36. The monoisotopic (exact) mass is 505 g/mol. The summed E-state index contributed by atoms with van der Waals surface area (Å²) in [7, 11) is 0. The number of rotatable bonds is 8. The van der Waals surface area contributed by atoms with Gasteiger partial charge in [-0.3, -0.25) is 18.7 Å². The molecule has 186 valence electrons. The van der Waals surface area contributed by atoms with Gasteiger partial charge in [0.25, 0.3) is 5.56 Å². The Morgan fingerprint density at radius 1 is 1.03 bits per heavy atom. The Labute approximate surface area is 211 Å². The number of thiophene rings is 1. The fourth-order valence-corrected chi connectivity index (χ4v) is 5.20. The van der Waals surface area contributed by atoms with Crippen LogP contribution in [0.15, 0.2) is 57.4 Å². The molecule has 0 saturated heterocycles. The van der Waals surface area contributed by atoms with E-state index in [0.717, 1.165) is 22.3 Å². The molecule has 0 bridgehead atoms. The van der Waals surface area contributed by atoms with Gasteiger partial charge < -0.3 is 14.8 Å². The van der Waals surface area contributed by atoms with Crippen LogP contribution >= 0.6 is 11.3 Å². The summed E-state index contributed by atoms with van der Waals surface area (Å²) in [6, 6.07) is 13.5. The predicted molar refractivity (Wildman–Crippen MR) is 139 cm³/mol. The molecule has 2 aromatic carbocycles. The third kappa shape index (κ3) is 4.79. The summed E-state index contributed by atoms with van der Waals surface area (Å²) < 4.78 is 14.1. The molecule has 9 heteroatoms. The molecule has 0 fully saturated rings. The second kappa shape index (κ2) is 10.0. The van der Waals surface area contributed by atoms with Crippen LogP contribution in [0, 0.1) is 13.8 Å². The molecular weight excluding hydrogens is 478 g/mol. The van der Waals surface area contributed by atoms with Gasteiger partial charge >= 0.3 is 5.69 Å². The molecule has 1 aliphatic heterocycles. The molecule has 1 amide bonds. The van der Waals surface area contributed by atoms with E-state index >= 15 is 0 Å². The number of aryl methyl sites for hydroxylation is 2. The van der Waals surface area contributed by atoms with Gasteiger partial charge in [0.05, 0.1) is 12.1 Å². The van der Waals surface area contributed by atoms with Crippen LogP contribution in [0.25, 0.3) is 10.2 Å². The van der Waals surface area contributed by atoms with Crippen LogP contribution in [0.2, 0.25) is 0 Å². The van der Waals surface area contributed by atoms with Gasteiger partial charge in [-0.15, -0.1) is 11.3 Å². The molecular formula is C27H27N3O5S. The van der Waals surface area contributed by atoms with Crippen LogP contribution in [-0.4, -0.2) is 21.8 Å². The number of carbonyl (C=O) groups excluding carboxylic acids is 1. The first-order valence-electron chi connectivity index (χ1n) is 11.8. The van der Waals surface area contributed by atoms with Gasteiger partial charge in [0, 0.05) is 19.5 Å². The van der Waals surface area contributed by atoms with Crippen LogP contribution in [0.3, 0.4) is 0 Å². The lowest BCUT2D eigenvalue weighted by Crippen LogP contribution is -2.40. The van der Waals surface area contributed by atoms with Gasteiger partial charge in [-0.05, 0) is 60.5 Å². The maximum absolute atomic E-state index is 13.4. The Bertz CT molecular complexity index is 1570. The van der Waals surface area contributed by atoms with Crippen LogP contribution in [0.1, 0.15) is 35.1 Å². The number of hydrogen-bond acceptors (Lipinski definition) is 6. The standard InChI is InChI=1S/C27H27N3O5S/c1-17-5-6-18(2)20(12-17)15-30-21-9-11-36-25(21)26(32)29(27(30)33)10-3-4-24(31)28-14-19-7-8-22-23(13-19)35-16-34-22/h5-9,11-13H,3-4,10,14-16H2,1-2H3,(H,28,31). The summed E-state index contributed by atoms with van der Waals surface area (Å²) in [5, 5.41) is 4.72. The molecule has 0 spiro atoms. The van der Waals surface area contributed by atoms with Crippen molar-refractivity contribution in [1.29, 1.82) is 0 Å². The molecule has 0 radical (unpaired) electrons. The average Bonchev–Trinajstić information content (AvgIpc) is 3.54. The van der Waals surface area contributed by atoms with E-state index < -0.39 is 0 Å². The number of nitrogens with one attached hydrogen (secondary N) is 1. The Morgan fingerprint density at radius 3 is 2.72 bits per heavy atom. The zero-order chi connectivity index (χ0) is 25.2. The molecule has 5 rings (SSSR count). The lowest BCUT2D eigenvalue weighted by atomic mass is 10.1. The molecule has 0 atom stereocenters.